The van der Waals surface area contributed by atoms with Crippen LogP contribution in [0.3, 0.4) is 0 Å². The van der Waals surface area contributed by atoms with Gasteiger partial charge in [-0.1, -0.05) is 0 Å². The minimum absolute atomic E-state index is 0.970. The normalized spacial score (nSPS) is 36.7. The molecular formula is C7H13NS. The predicted octanol–water partition coefficient (Wildman–Crippen LogP) is 1.20. The van der Waals surface area contributed by atoms with Gasteiger partial charge in [-0.25, -0.2) is 0 Å². The van der Waals surface area contributed by atoms with Gasteiger partial charge in [-0.2, -0.15) is 11.8 Å². The lowest BCUT2D eigenvalue weighted by Crippen LogP contribution is -2.48. The summed E-state index contributed by atoms with van der Waals surface area (Å²) in [4.78, 5) is 2.62. The van der Waals surface area contributed by atoms with Crippen LogP contribution in [0.25, 0.3) is 0 Å². The molecule has 0 spiro atoms. The minimum atomic E-state index is 0.970. The van der Waals surface area contributed by atoms with Crippen LogP contribution < -0.4 is 0 Å². The van der Waals surface area contributed by atoms with Crippen molar-refractivity contribution in [3.8, 4) is 0 Å². The lowest BCUT2D eigenvalue weighted by atomic mass is 10.1. The molecule has 9 heavy (non-hydrogen) atoms. The number of hydrogen-bond donors (Lipinski definition) is 0. The first-order valence-corrected chi connectivity index (χ1v) is 4.94. The highest BCUT2D eigenvalue weighted by molar-refractivity contribution is 7.99. The highest BCUT2D eigenvalue weighted by atomic mass is 32.2. The minimum Gasteiger partial charge on any atom is -0.299 e. The zero-order chi connectivity index (χ0) is 6.10. The summed E-state index contributed by atoms with van der Waals surface area (Å²) in [6.07, 6.45) is 2.88. The Morgan fingerprint density at radius 3 is 3.11 bits per heavy atom. The lowest BCUT2D eigenvalue weighted by Gasteiger charge is -2.39. The van der Waals surface area contributed by atoms with Crippen molar-refractivity contribution in [1.29, 1.82) is 0 Å². The molecule has 0 amide bonds. The van der Waals surface area contributed by atoms with Gasteiger partial charge in [-0.05, 0) is 31.7 Å². The molecule has 0 aromatic carbocycles. The lowest BCUT2D eigenvalue weighted by molar-refractivity contribution is 0.112. The van der Waals surface area contributed by atoms with E-state index < -0.39 is 0 Å². The van der Waals surface area contributed by atoms with Crippen LogP contribution in [0.5, 0.6) is 0 Å². The fourth-order valence-corrected chi connectivity index (χ4v) is 2.72. The average Bonchev–Trinajstić information content (AvgIpc) is 1.94. The molecule has 1 nitrogen and oxygen atoms in total. The fraction of sp³-hybridized carbons (Fsp3) is 1.00. The predicted molar refractivity (Wildman–Crippen MR) is 41.9 cm³/mol. The maximum absolute atomic E-state index is 2.62. The maximum Gasteiger partial charge on any atom is 0.0198 e. The molecule has 2 rings (SSSR count). The van der Waals surface area contributed by atoms with E-state index in [0.717, 1.165) is 6.04 Å². The molecule has 2 saturated heterocycles. The summed E-state index contributed by atoms with van der Waals surface area (Å²) in [5.41, 5.74) is 0. The third-order valence-corrected chi connectivity index (χ3v) is 3.51. The van der Waals surface area contributed by atoms with Gasteiger partial charge in [0.1, 0.15) is 0 Å². The van der Waals surface area contributed by atoms with Crippen LogP contribution in [0.15, 0.2) is 0 Å². The highest BCUT2D eigenvalue weighted by Gasteiger charge is 2.28. The van der Waals surface area contributed by atoms with Gasteiger partial charge in [0.05, 0.1) is 0 Å². The van der Waals surface area contributed by atoms with E-state index in [-0.39, 0.29) is 0 Å². The van der Waals surface area contributed by atoms with Crippen LogP contribution in [0, 0.1) is 0 Å². The zero-order valence-electron chi connectivity index (χ0n) is 5.68. The van der Waals surface area contributed by atoms with E-state index >= 15 is 0 Å². The van der Waals surface area contributed by atoms with Crippen molar-refractivity contribution in [3.05, 3.63) is 0 Å². The van der Waals surface area contributed by atoms with Crippen molar-refractivity contribution < 1.29 is 0 Å². The van der Waals surface area contributed by atoms with Crippen LogP contribution in [0.1, 0.15) is 12.8 Å². The Bertz CT molecular complexity index is 93.1. The first-order valence-electron chi connectivity index (χ1n) is 3.78. The van der Waals surface area contributed by atoms with Crippen LogP contribution in [0.2, 0.25) is 0 Å². The molecule has 0 aromatic heterocycles. The molecule has 2 heterocycles. The van der Waals surface area contributed by atoms with Crippen molar-refractivity contribution in [2.75, 3.05) is 24.6 Å². The molecule has 0 saturated carbocycles. The Balaban J connectivity index is 1.90. The van der Waals surface area contributed by atoms with E-state index in [1.54, 1.807) is 0 Å². The topological polar surface area (TPSA) is 3.24 Å². The summed E-state index contributed by atoms with van der Waals surface area (Å²) < 4.78 is 0. The van der Waals surface area contributed by atoms with Crippen LogP contribution in [0.4, 0.5) is 0 Å². The van der Waals surface area contributed by atoms with E-state index in [1.165, 1.54) is 37.4 Å². The monoisotopic (exact) mass is 143 g/mol. The Morgan fingerprint density at radius 2 is 2.33 bits per heavy atom. The van der Waals surface area contributed by atoms with Crippen molar-refractivity contribution in [3.63, 3.8) is 0 Å². The van der Waals surface area contributed by atoms with Gasteiger partial charge >= 0.3 is 0 Å². The van der Waals surface area contributed by atoms with Crippen LogP contribution in [-0.2, 0) is 0 Å². The second-order valence-electron chi connectivity index (χ2n) is 2.91. The third-order valence-electron chi connectivity index (χ3n) is 2.31. The summed E-state index contributed by atoms with van der Waals surface area (Å²) in [6, 6.07) is 0.970. The van der Waals surface area contributed by atoms with Crippen molar-refractivity contribution in [1.82, 2.24) is 4.90 Å². The third kappa shape index (κ3) is 1.10. The van der Waals surface area contributed by atoms with E-state index in [0.29, 0.717) is 0 Å². The number of fused-ring (bicyclic) bond motifs is 1. The molecule has 2 aliphatic heterocycles. The first kappa shape index (κ1) is 6.05. The van der Waals surface area contributed by atoms with Gasteiger partial charge in [0.2, 0.25) is 0 Å². The van der Waals surface area contributed by atoms with E-state index in [4.69, 9.17) is 0 Å². The van der Waals surface area contributed by atoms with Crippen molar-refractivity contribution in [2.45, 2.75) is 18.9 Å². The molecule has 0 aromatic rings. The molecule has 2 heteroatoms. The van der Waals surface area contributed by atoms with Gasteiger partial charge < -0.3 is 0 Å². The average molecular weight is 143 g/mol. The van der Waals surface area contributed by atoms with Gasteiger partial charge in [-0.15, -0.1) is 0 Å². The fourth-order valence-electron chi connectivity index (χ4n) is 1.57. The molecule has 2 fully saturated rings. The van der Waals surface area contributed by atoms with Gasteiger partial charge in [-0.3, -0.25) is 4.90 Å². The van der Waals surface area contributed by atoms with Crippen LogP contribution >= 0.6 is 11.8 Å². The summed E-state index contributed by atoms with van der Waals surface area (Å²) in [7, 11) is 0. The molecular weight excluding hydrogens is 130 g/mol. The molecule has 0 radical (unpaired) electrons. The second-order valence-corrected chi connectivity index (χ2v) is 4.06. The Morgan fingerprint density at radius 1 is 1.33 bits per heavy atom. The SMILES string of the molecule is C1CSCC2CCN2C1. The molecule has 52 valence electrons. The summed E-state index contributed by atoms with van der Waals surface area (Å²) in [5.74, 6) is 2.80. The number of rotatable bonds is 0. The second kappa shape index (κ2) is 2.51. The van der Waals surface area contributed by atoms with Crippen molar-refractivity contribution >= 4 is 11.8 Å². The maximum atomic E-state index is 2.62. The highest BCUT2D eigenvalue weighted by Crippen LogP contribution is 2.25. The molecule has 0 bridgehead atoms. The first-order chi connectivity index (χ1) is 4.47. The molecule has 1 atom stereocenters. The summed E-state index contributed by atoms with van der Waals surface area (Å²) in [5, 5.41) is 0. The van der Waals surface area contributed by atoms with Crippen LogP contribution in [-0.4, -0.2) is 35.5 Å². The zero-order valence-corrected chi connectivity index (χ0v) is 6.49. The summed E-state index contributed by atoms with van der Waals surface area (Å²) >= 11 is 2.14. The smallest absolute Gasteiger partial charge is 0.0198 e. The number of hydrogen-bond acceptors (Lipinski definition) is 2. The van der Waals surface area contributed by atoms with E-state index in [2.05, 4.69) is 16.7 Å². The Labute approximate surface area is 60.8 Å². The standard InChI is InChI=1S/C7H13NS/c1-3-8-4-2-7(8)6-9-5-1/h7H,1-6H2. The van der Waals surface area contributed by atoms with Gasteiger partial charge in [0, 0.05) is 11.8 Å². The quantitative estimate of drug-likeness (QED) is 0.501. The number of nitrogens with zero attached hydrogens (tertiary/aromatic N) is 1. The van der Waals surface area contributed by atoms with Gasteiger partial charge in [0.25, 0.3) is 0 Å². The van der Waals surface area contributed by atoms with Gasteiger partial charge in [0.15, 0.2) is 0 Å². The molecule has 2 aliphatic rings. The largest absolute Gasteiger partial charge is 0.299 e. The number of thioether (sulfide) groups is 1. The summed E-state index contributed by atoms with van der Waals surface area (Å²) in [6.45, 7) is 2.75. The van der Waals surface area contributed by atoms with Crippen molar-refractivity contribution in [2.24, 2.45) is 0 Å². The van der Waals surface area contributed by atoms with E-state index in [1.807, 2.05) is 0 Å². The Kier molecular flexibility index (Phi) is 1.68. The molecule has 0 N–H and O–H groups in total. The Hall–Kier alpha value is 0.310. The van der Waals surface area contributed by atoms with E-state index in [9.17, 15) is 0 Å². The molecule has 1 unspecified atom stereocenters. The molecule has 0 aliphatic carbocycles.